The molecule has 0 saturated carbocycles. The van der Waals surface area contributed by atoms with Gasteiger partial charge in [-0.05, 0) is 25.0 Å². The highest BCUT2D eigenvalue weighted by molar-refractivity contribution is 6.33. The van der Waals surface area contributed by atoms with Crippen molar-refractivity contribution < 1.29 is 18.7 Å². The summed E-state index contributed by atoms with van der Waals surface area (Å²) in [7, 11) is 0. The third-order valence-corrected chi connectivity index (χ3v) is 4.51. The summed E-state index contributed by atoms with van der Waals surface area (Å²) in [6.07, 6.45) is 2.02. The zero-order chi connectivity index (χ0) is 15.0. The number of benzene rings is 1. The van der Waals surface area contributed by atoms with Gasteiger partial charge in [0.05, 0.1) is 17.1 Å². The molecule has 1 spiro atoms. The van der Waals surface area contributed by atoms with Crippen molar-refractivity contribution in [3.63, 3.8) is 0 Å². The third kappa shape index (κ3) is 2.45. The molecule has 112 valence electrons. The molecule has 2 saturated heterocycles. The summed E-state index contributed by atoms with van der Waals surface area (Å²) >= 11 is 5.90. The number of likely N-dealkylation sites (tertiary alicyclic amines) is 1. The van der Waals surface area contributed by atoms with Crippen molar-refractivity contribution in [2.45, 2.75) is 24.9 Å². The van der Waals surface area contributed by atoms with E-state index in [9.17, 15) is 14.0 Å². The van der Waals surface area contributed by atoms with E-state index < -0.39 is 17.3 Å². The van der Waals surface area contributed by atoms with Gasteiger partial charge < -0.3 is 9.64 Å². The van der Waals surface area contributed by atoms with E-state index in [1.807, 2.05) is 0 Å². The molecule has 6 heteroatoms. The lowest BCUT2D eigenvalue weighted by Gasteiger charge is -2.37. The van der Waals surface area contributed by atoms with Gasteiger partial charge in [-0.25, -0.2) is 4.39 Å². The quantitative estimate of drug-likeness (QED) is 0.800. The lowest BCUT2D eigenvalue weighted by Crippen LogP contribution is -2.53. The number of carbonyl (C=O) groups is 2. The van der Waals surface area contributed by atoms with Crippen molar-refractivity contribution in [1.29, 1.82) is 0 Å². The molecule has 1 aromatic carbocycles. The standard InChI is InChI=1S/C15H15ClFNO3/c16-10-3-1-4-11(17)13(10)14(20)18-7-6-15(12(19)9-18)5-2-8-21-15/h1,3-4H,2,5-9H2/t15-/m0/s1. The van der Waals surface area contributed by atoms with Crippen LogP contribution in [0.15, 0.2) is 18.2 Å². The molecule has 2 heterocycles. The van der Waals surface area contributed by atoms with Crippen molar-refractivity contribution in [3.8, 4) is 0 Å². The van der Waals surface area contributed by atoms with Crippen molar-refractivity contribution in [2.24, 2.45) is 0 Å². The van der Waals surface area contributed by atoms with E-state index in [4.69, 9.17) is 16.3 Å². The van der Waals surface area contributed by atoms with Gasteiger partial charge in [0.2, 0.25) is 0 Å². The maximum Gasteiger partial charge on any atom is 0.258 e. The minimum absolute atomic E-state index is 0.0521. The van der Waals surface area contributed by atoms with Gasteiger partial charge in [-0.1, -0.05) is 17.7 Å². The topological polar surface area (TPSA) is 46.6 Å². The summed E-state index contributed by atoms with van der Waals surface area (Å²) < 4.78 is 19.4. The first kappa shape index (κ1) is 14.5. The maximum absolute atomic E-state index is 13.8. The minimum Gasteiger partial charge on any atom is -0.367 e. The Morgan fingerprint density at radius 1 is 1.38 bits per heavy atom. The average molecular weight is 312 g/mol. The number of Topliss-reactive ketones (excluding diaryl/α,β-unsaturated/α-hetero) is 1. The first-order valence-corrected chi connectivity index (χ1v) is 7.32. The normalized spacial score (nSPS) is 25.6. The minimum atomic E-state index is -0.726. The number of nitrogens with zero attached hydrogens (tertiary/aromatic N) is 1. The number of hydrogen-bond acceptors (Lipinski definition) is 3. The van der Waals surface area contributed by atoms with Crippen LogP contribution in [0.1, 0.15) is 29.6 Å². The first-order chi connectivity index (χ1) is 10.0. The number of ketones is 1. The SMILES string of the molecule is O=C(c1c(F)cccc1Cl)N1CC[C@@]2(CCCO2)C(=O)C1. The smallest absolute Gasteiger partial charge is 0.258 e. The summed E-state index contributed by atoms with van der Waals surface area (Å²) in [5, 5.41) is 0.0600. The van der Waals surface area contributed by atoms with Crippen molar-refractivity contribution in [3.05, 3.63) is 34.6 Å². The number of ether oxygens (including phenoxy) is 1. The van der Waals surface area contributed by atoms with Crippen LogP contribution < -0.4 is 0 Å². The van der Waals surface area contributed by atoms with Crippen LogP contribution in [0, 0.1) is 5.82 Å². The predicted molar refractivity (Wildman–Crippen MR) is 74.9 cm³/mol. The lowest BCUT2D eigenvalue weighted by atomic mass is 9.87. The van der Waals surface area contributed by atoms with Crippen molar-refractivity contribution >= 4 is 23.3 Å². The summed E-state index contributed by atoms with van der Waals surface area (Å²) in [6, 6.07) is 4.09. The van der Waals surface area contributed by atoms with E-state index in [1.54, 1.807) is 0 Å². The van der Waals surface area contributed by atoms with Gasteiger partial charge in [0.25, 0.3) is 5.91 Å². The van der Waals surface area contributed by atoms with Crippen molar-refractivity contribution in [2.75, 3.05) is 19.7 Å². The van der Waals surface area contributed by atoms with Crippen LogP contribution in [0.5, 0.6) is 0 Å². The second kappa shape index (κ2) is 5.39. The fraction of sp³-hybridized carbons (Fsp3) is 0.467. The van der Waals surface area contributed by atoms with Crippen LogP contribution in [0.4, 0.5) is 4.39 Å². The second-order valence-corrected chi connectivity index (χ2v) is 5.85. The average Bonchev–Trinajstić information content (AvgIpc) is 2.91. The largest absolute Gasteiger partial charge is 0.367 e. The van der Waals surface area contributed by atoms with Crippen LogP contribution in [0.3, 0.4) is 0 Å². The van der Waals surface area contributed by atoms with E-state index in [0.29, 0.717) is 26.0 Å². The molecule has 0 aliphatic carbocycles. The molecule has 2 aliphatic heterocycles. The molecule has 0 aromatic heterocycles. The van der Waals surface area contributed by atoms with Gasteiger partial charge in [-0.3, -0.25) is 9.59 Å². The Bertz CT molecular complexity index is 578. The van der Waals surface area contributed by atoms with Gasteiger partial charge in [0.15, 0.2) is 5.78 Å². The fourth-order valence-electron chi connectivity index (χ4n) is 3.00. The van der Waals surface area contributed by atoms with Crippen LogP contribution in [-0.4, -0.2) is 41.9 Å². The zero-order valence-corrected chi connectivity index (χ0v) is 12.2. The molecule has 2 fully saturated rings. The first-order valence-electron chi connectivity index (χ1n) is 6.94. The lowest BCUT2D eigenvalue weighted by molar-refractivity contribution is -0.144. The highest BCUT2D eigenvalue weighted by Crippen LogP contribution is 2.34. The molecule has 21 heavy (non-hydrogen) atoms. The molecule has 3 rings (SSSR count). The zero-order valence-electron chi connectivity index (χ0n) is 11.4. The summed E-state index contributed by atoms with van der Waals surface area (Å²) in [5.74, 6) is -1.32. The van der Waals surface area contributed by atoms with Crippen LogP contribution >= 0.6 is 11.6 Å². The molecule has 1 atom stereocenters. The second-order valence-electron chi connectivity index (χ2n) is 5.44. The Labute approximate surface area is 126 Å². The van der Waals surface area contributed by atoms with Gasteiger partial charge in [-0.15, -0.1) is 0 Å². The van der Waals surface area contributed by atoms with E-state index in [-0.39, 0.29) is 22.9 Å². The summed E-state index contributed by atoms with van der Waals surface area (Å²) in [6.45, 7) is 0.900. The van der Waals surface area contributed by atoms with Gasteiger partial charge in [0.1, 0.15) is 11.4 Å². The van der Waals surface area contributed by atoms with Crippen LogP contribution in [-0.2, 0) is 9.53 Å². The number of amides is 1. The molecule has 0 radical (unpaired) electrons. The van der Waals surface area contributed by atoms with E-state index >= 15 is 0 Å². The Balaban J connectivity index is 1.80. The molecule has 1 aromatic rings. The Kier molecular flexibility index (Phi) is 3.71. The maximum atomic E-state index is 13.8. The highest BCUT2D eigenvalue weighted by atomic mass is 35.5. The number of hydrogen-bond donors (Lipinski definition) is 0. The Hall–Kier alpha value is -1.46. The molecular weight excluding hydrogens is 297 g/mol. The Morgan fingerprint density at radius 3 is 2.81 bits per heavy atom. The van der Waals surface area contributed by atoms with Crippen LogP contribution in [0.2, 0.25) is 5.02 Å². The number of halogens is 2. The summed E-state index contributed by atoms with van der Waals surface area (Å²) in [5.41, 5.74) is -0.897. The molecule has 0 unspecified atom stereocenters. The fourth-order valence-corrected chi connectivity index (χ4v) is 3.24. The molecule has 1 amide bonds. The number of piperidine rings is 1. The molecular formula is C15H15ClFNO3. The predicted octanol–water partition coefficient (Wildman–Crippen LogP) is 2.44. The Morgan fingerprint density at radius 2 is 2.19 bits per heavy atom. The number of rotatable bonds is 1. The van der Waals surface area contributed by atoms with E-state index in [1.165, 1.54) is 23.1 Å². The van der Waals surface area contributed by atoms with Crippen LogP contribution in [0.25, 0.3) is 0 Å². The van der Waals surface area contributed by atoms with Gasteiger partial charge in [-0.2, -0.15) is 0 Å². The molecule has 0 bridgehead atoms. The van der Waals surface area contributed by atoms with Gasteiger partial charge >= 0.3 is 0 Å². The van der Waals surface area contributed by atoms with Crippen molar-refractivity contribution in [1.82, 2.24) is 4.90 Å². The monoisotopic (exact) mass is 311 g/mol. The van der Waals surface area contributed by atoms with Gasteiger partial charge in [0, 0.05) is 19.6 Å². The molecule has 2 aliphatic rings. The summed E-state index contributed by atoms with van der Waals surface area (Å²) in [4.78, 5) is 26.0. The number of carbonyl (C=O) groups excluding carboxylic acids is 2. The highest BCUT2D eigenvalue weighted by Gasteiger charge is 2.46. The molecule has 0 N–H and O–H groups in total. The molecule has 4 nitrogen and oxygen atoms in total. The third-order valence-electron chi connectivity index (χ3n) is 4.20. The van der Waals surface area contributed by atoms with E-state index in [0.717, 1.165) is 6.42 Å². The van der Waals surface area contributed by atoms with E-state index in [2.05, 4.69) is 0 Å².